The van der Waals surface area contributed by atoms with Crippen LogP contribution in [0.4, 0.5) is 16.2 Å². The third-order valence-corrected chi connectivity index (χ3v) is 6.45. The number of carbonyl (C=O) groups excluding carboxylic acids is 2. The lowest BCUT2D eigenvalue weighted by molar-refractivity contribution is 0.0993. The predicted molar refractivity (Wildman–Crippen MR) is 120 cm³/mol. The number of anilines is 2. The zero-order valence-electron chi connectivity index (χ0n) is 17.3. The van der Waals surface area contributed by atoms with Gasteiger partial charge in [0.05, 0.1) is 0 Å². The summed E-state index contributed by atoms with van der Waals surface area (Å²) in [7, 11) is 3.88. The maximum Gasteiger partial charge on any atom is 0.322 e. The number of hydrogen-bond donors (Lipinski definition) is 1. The van der Waals surface area contributed by atoms with Crippen molar-refractivity contribution in [3.63, 3.8) is 0 Å². The van der Waals surface area contributed by atoms with E-state index < -0.39 is 0 Å². The number of piperidine rings is 1. The monoisotopic (exact) mass is 426 g/mol. The molecule has 2 aromatic carbocycles. The van der Waals surface area contributed by atoms with E-state index >= 15 is 0 Å². The van der Waals surface area contributed by atoms with Crippen LogP contribution in [0.25, 0.3) is 0 Å². The quantitative estimate of drug-likeness (QED) is 0.801. The maximum absolute atomic E-state index is 12.8. The normalized spacial score (nSPS) is 21.2. The van der Waals surface area contributed by atoms with Gasteiger partial charge in [-0.15, -0.1) is 0 Å². The highest BCUT2D eigenvalue weighted by Crippen LogP contribution is 2.31. The molecule has 0 radical (unpaired) electrons. The Labute approximate surface area is 182 Å². The Morgan fingerprint density at radius 3 is 2.43 bits per heavy atom. The molecule has 3 amide bonds. The lowest BCUT2D eigenvalue weighted by Gasteiger charge is -2.36. The van der Waals surface area contributed by atoms with Crippen molar-refractivity contribution in [2.75, 3.05) is 43.9 Å². The highest BCUT2D eigenvalue weighted by atomic mass is 35.5. The number of benzene rings is 2. The molecule has 2 saturated heterocycles. The summed E-state index contributed by atoms with van der Waals surface area (Å²) in [4.78, 5) is 31.4. The molecule has 0 spiro atoms. The Kier molecular flexibility index (Phi) is 5.97. The Balaban J connectivity index is 1.38. The predicted octanol–water partition coefficient (Wildman–Crippen LogP) is 4.17. The van der Waals surface area contributed by atoms with E-state index in [0.29, 0.717) is 22.5 Å². The van der Waals surface area contributed by atoms with Gasteiger partial charge in [-0.3, -0.25) is 4.79 Å². The highest BCUT2D eigenvalue weighted by Gasteiger charge is 2.39. The Hall–Kier alpha value is -2.57. The number of halogens is 1. The molecule has 2 aromatic rings. The molecule has 0 bridgehead atoms. The first kappa shape index (κ1) is 20.7. The van der Waals surface area contributed by atoms with E-state index in [-0.39, 0.29) is 11.9 Å². The number of amides is 3. The van der Waals surface area contributed by atoms with Crippen LogP contribution in [0.15, 0.2) is 48.5 Å². The molecule has 1 N–H and O–H groups in total. The smallest absolute Gasteiger partial charge is 0.321 e. The molecule has 2 heterocycles. The first-order valence-electron chi connectivity index (χ1n) is 10.3. The van der Waals surface area contributed by atoms with Gasteiger partial charge in [0.25, 0.3) is 5.91 Å². The summed E-state index contributed by atoms with van der Waals surface area (Å²) in [5.41, 5.74) is 2.05. The number of urea groups is 1. The maximum atomic E-state index is 12.8. The average molecular weight is 427 g/mol. The number of carbonyl (C=O) groups is 2. The lowest BCUT2D eigenvalue weighted by Crippen LogP contribution is -2.47. The molecule has 6 nitrogen and oxygen atoms in total. The number of hydrogen-bond acceptors (Lipinski definition) is 3. The minimum atomic E-state index is -0.117. The van der Waals surface area contributed by atoms with Crippen LogP contribution in [-0.2, 0) is 0 Å². The van der Waals surface area contributed by atoms with E-state index in [1.165, 1.54) is 0 Å². The van der Waals surface area contributed by atoms with Gasteiger partial charge in [-0.2, -0.15) is 0 Å². The van der Waals surface area contributed by atoms with Crippen molar-refractivity contribution in [1.29, 1.82) is 0 Å². The standard InChI is InChI=1S/C23H27ClN4O2/c1-26-13-12-21-17(15-26)11-14-28(21)23(30)25-19-7-9-20(10-8-19)27(2)22(29)16-3-5-18(24)6-4-16/h3-10,17,21H,11-15H2,1-2H3,(H,25,30)/t17-,21-/m1/s1. The van der Waals surface area contributed by atoms with Gasteiger partial charge in [0.2, 0.25) is 0 Å². The van der Waals surface area contributed by atoms with Crippen LogP contribution < -0.4 is 10.2 Å². The van der Waals surface area contributed by atoms with Gasteiger partial charge in [0, 0.05) is 48.1 Å². The van der Waals surface area contributed by atoms with Crippen molar-refractivity contribution < 1.29 is 9.59 Å². The van der Waals surface area contributed by atoms with Gasteiger partial charge in [-0.05, 0) is 80.9 Å². The van der Waals surface area contributed by atoms with Crippen molar-refractivity contribution in [1.82, 2.24) is 9.80 Å². The van der Waals surface area contributed by atoms with Gasteiger partial charge in [0.15, 0.2) is 0 Å². The number of nitrogens with zero attached hydrogens (tertiary/aromatic N) is 3. The van der Waals surface area contributed by atoms with Crippen LogP contribution in [0.3, 0.4) is 0 Å². The molecule has 2 aliphatic heterocycles. The number of likely N-dealkylation sites (tertiary alicyclic amines) is 2. The summed E-state index contributed by atoms with van der Waals surface area (Å²) in [6.07, 6.45) is 2.10. The van der Waals surface area contributed by atoms with Gasteiger partial charge in [-0.1, -0.05) is 11.6 Å². The molecule has 158 valence electrons. The fraction of sp³-hybridized carbons (Fsp3) is 0.391. The second-order valence-corrected chi connectivity index (χ2v) is 8.64. The molecular weight excluding hydrogens is 400 g/mol. The fourth-order valence-corrected chi connectivity index (χ4v) is 4.61. The summed E-state index contributed by atoms with van der Waals surface area (Å²) in [5, 5.41) is 3.61. The third kappa shape index (κ3) is 4.30. The Bertz CT molecular complexity index is 916. The largest absolute Gasteiger partial charge is 0.322 e. The third-order valence-electron chi connectivity index (χ3n) is 6.20. The lowest BCUT2D eigenvalue weighted by atomic mass is 9.93. The molecule has 30 heavy (non-hydrogen) atoms. The summed E-state index contributed by atoms with van der Waals surface area (Å²) in [6, 6.07) is 14.5. The van der Waals surface area contributed by atoms with Gasteiger partial charge in [0.1, 0.15) is 0 Å². The molecule has 0 saturated carbocycles. The molecule has 2 fully saturated rings. The van der Waals surface area contributed by atoms with E-state index in [0.717, 1.165) is 43.9 Å². The SMILES string of the molecule is CN1CC[C@@H]2[C@H](CCN2C(=O)Nc2ccc(N(C)C(=O)c3ccc(Cl)cc3)cc2)C1. The number of rotatable bonds is 3. The molecular formula is C23H27ClN4O2. The van der Waals surface area contributed by atoms with Crippen LogP contribution in [0.1, 0.15) is 23.2 Å². The average Bonchev–Trinajstić information content (AvgIpc) is 3.17. The van der Waals surface area contributed by atoms with Crippen molar-refractivity contribution in [2.24, 2.45) is 5.92 Å². The molecule has 7 heteroatoms. The van der Waals surface area contributed by atoms with Gasteiger partial charge < -0.3 is 20.0 Å². The second kappa shape index (κ2) is 8.66. The van der Waals surface area contributed by atoms with Crippen LogP contribution >= 0.6 is 11.6 Å². The van der Waals surface area contributed by atoms with Gasteiger partial charge in [-0.25, -0.2) is 4.79 Å². The molecule has 0 aromatic heterocycles. The molecule has 2 aliphatic rings. The molecule has 2 atom stereocenters. The van der Waals surface area contributed by atoms with Crippen molar-refractivity contribution >= 4 is 34.9 Å². The van der Waals surface area contributed by atoms with E-state index in [2.05, 4.69) is 17.3 Å². The summed E-state index contributed by atoms with van der Waals surface area (Å²) in [5.74, 6) is 0.457. The minimum absolute atomic E-state index is 0.0367. The number of fused-ring (bicyclic) bond motifs is 1. The first-order valence-corrected chi connectivity index (χ1v) is 10.7. The summed E-state index contributed by atoms with van der Waals surface area (Å²) in [6.45, 7) is 2.91. The van der Waals surface area contributed by atoms with E-state index in [1.54, 1.807) is 36.2 Å². The van der Waals surface area contributed by atoms with Crippen LogP contribution in [0.5, 0.6) is 0 Å². The Morgan fingerprint density at radius 2 is 1.73 bits per heavy atom. The van der Waals surface area contributed by atoms with Crippen molar-refractivity contribution in [3.05, 3.63) is 59.1 Å². The minimum Gasteiger partial charge on any atom is -0.321 e. The molecule has 0 aliphatic carbocycles. The van der Waals surface area contributed by atoms with Gasteiger partial charge >= 0.3 is 6.03 Å². The Morgan fingerprint density at radius 1 is 1.03 bits per heavy atom. The van der Waals surface area contributed by atoms with Crippen LogP contribution in [0, 0.1) is 5.92 Å². The second-order valence-electron chi connectivity index (χ2n) is 8.21. The van der Waals surface area contributed by atoms with Crippen LogP contribution in [0.2, 0.25) is 5.02 Å². The fourth-order valence-electron chi connectivity index (χ4n) is 4.49. The molecule has 4 rings (SSSR count). The van der Waals surface area contributed by atoms with Crippen molar-refractivity contribution in [3.8, 4) is 0 Å². The van der Waals surface area contributed by atoms with Crippen LogP contribution in [-0.4, -0.2) is 61.5 Å². The highest BCUT2D eigenvalue weighted by molar-refractivity contribution is 6.30. The molecule has 0 unspecified atom stereocenters. The van der Waals surface area contributed by atoms with E-state index in [9.17, 15) is 9.59 Å². The topological polar surface area (TPSA) is 55.9 Å². The summed E-state index contributed by atoms with van der Waals surface area (Å²) < 4.78 is 0. The van der Waals surface area contributed by atoms with E-state index in [4.69, 9.17) is 11.6 Å². The van der Waals surface area contributed by atoms with Crippen molar-refractivity contribution in [2.45, 2.75) is 18.9 Å². The zero-order valence-corrected chi connectivity index (χ0v) is 18.1. The number of nitrogens with one attached hydrogen (secondary N) is 1. The van der Waals surface area contributed by atoms with E-state index in [1.807, 2.05) is 29.2 Å². The summed E-state index contributed by atoms with van der Waals surface area (Å²) >= 11 is 5.90. The zero-order chi connectivity index (χ0) is 21.3. The first-order chi connectivity index (χ1) is 14.4.